The Kier molecular flexibility index (Phi) is 3.39. The fourth-order valence-electron chi connectivity index (χ4n) is 2.80. The van der Waals surface area contributed by atoms with Gasteiger partial charge in [-0.3, -0.25) is 0 Å². The molecular formula is C19H14N2O3. The van der Waals surface area contributed by atoms with Crippen LogP contribution in [0.5, 0.6) is 0 Å². The van der Waals surface area contributed by atoms with Gasteiger partial charge < -0.3 is 14.6 Å². The molecule has 0 fully saturated rings. The van der Waals surface area contributed by atoms with Crippen molar-refractivity contribution < 1.29 is 14.4 Å². The zero-order valence-corrected chi connectivity index (χ0v) is 12.7. The van der Waals surface area contributed by atoms with Gasteiger partial charge in [-0.25, -0.2) is 4.79 Å². The van der Waals surface area contributed by atoms with Crippen LogP contribution in [0, 0.1) is 0 Å². The van der Waals surface area contributed by atoms with Crippen molar-refractivity contribution in [2.24, 2.45) is 0 Å². The highest BCUT2D eigenvalue weighted by atomic mass is 16.5. The molecule has 4 aromatic rings. The Morgan fingerprint density at radius 1 is 1.12 bits per heavy atom. The van der Waals surface area contributed by atoms with Crippen LogP contribution in [0.3, 0.4) is 0 Å². The number of aromatic carboxylic acids is 1. The molecule has 0 bridgehead atoms. The second-order valence-corrected chi connectivity index (χ2v) is 5.61. The van der Waals surface area contributed by atoms with Crippen LogP contribution in [-0.4, -0.2) is 21.2 Å². The van der Waals surface area contributed by atoms with Crippen LogP contribution in [0.1, 0.15) is 21.7 Å². The molecule has 2 aromatic carbocycles. The number of carboxylic acid groups (broad SMARTS) is 1. The fourth-order valence-corrected chi connectivity index (χ4v) is 2.80. The number of fused-ring (bicyclic) bond motifs is 1. The van der Waals surface area contributed by atoms with Crippen molar-refractivity contribution in [1.82, 2.24) is 10.1 Å². The number of para-hydroxylation sites is 1. The summed E-state index contributed by atoms with van der Waals surface area (Å²) in [6, 6.07) is 17.5. The molecule has 0 spiro atoms. The first-order chi connectivity index (χ1) is 11.7. The molecule has 0 atom stereocenters. The second kappa shape index (κ2) is 5.70. The van der Waals surface area contributed by atoms with Gasteiger partial charge in [0.15, 0.2) is 0 Å². The van der Waals surface area contributed by atoms with Crippen molar-refractivity contribution >= 4 is 16.9 Å². The van der Waals surface area contributed by atoms with E-state index in [4.69, 9.17) is 9.63 Å². The van der Waals surface area contributed by atoms with Crippen LogP contribution in [0.2, 0.25) is 0 Å². The van der Waals surface area contributed by atoms with Gasteiger partial charge in [0.2, 0.25) is 5.76 Å². The van der Waals surface area contributed by atoms with E-state index < -0.39 is 5.97 Å². The van der Waals surface area contributed by atoms with E-state index in [9.17, 15) is 4.79 Å². The van der Waals surface area contributed by atoms with Crippen LogP contribution < -0.4 is 0 Å². The maximum Gasteiger partial charge on any atom is 0.374 e. The second-order valence-electron chi connectivity index (χ2n) is 5.61. The van der Waals surface area contributed by atoms with Gasteiger partial charge in [-0.05, 0) is 23.6 Å². The first-order valence-electron chi connectivity index (χ1n) is 7.55. The van der Waals surface area contributed by atoms with Gasteiger partial charge in [0.25, 0.3) is 0 Å². The van der Waals surface area contributed by atoms with E-state index in [1.807, 2.05) is 42.6 Å². The molecule has 4 rings (SSSR count). The smallest absolute Gasteiger partial charge is 0.374 e. The molecule has 2 heterocycles. The number of aromatic amines is 1. The third kappa shape index (κ3) is 2.56. The lowest BCUT2D eigenvalue weighted by Gasteiger charge is -2.02. The van der Waals surface area contributed by atoms with E-state index in [0.717, 1.165) is 17.5 Å². The quantitative estimate of drug-likeness (QED) is 0.593. The number of carboxylic acids is 1. The van der Waals surface area contributed by atoms with E-state index in [-0.39, 0.29) is 5.76 Å². The summed E-state index contributed by atoms with van der Waals surface area (Å²) in [6.45, 7) is 0. The Bertz CT molecular complexity index is 1010. The number of rotatable bonds is 4. The van der Waals surface area contributed by atoms with Crippen LogP contribution in [-0.2, 0) is 6.42 Å². The number of hydrogen-bond donors (Lipinski definition) is 2. The lowest BCUT2D eigenvalue weighted by molar-refractivity contribution is 0.0652. The molecule has 0 aliphatic heterocycles. The predicted molar refractivity (Wildman–Crippen MR) is 90.0 cm³/mol. The lowest BCUT2D eigenvalue weighted by Crippen LogP contribution is -1.91. The topological polar surface area (TPSA) is 79.1 Å². The number of carbonyl (C=O) groups is 1. The first-order valence-corrected chi connectivity index (χ1v) is 7.55. The summed E-state index contributed by atoms with van der Waals surface area (Å²) in [6.07, 6.45) is 2.86. The van der Waals surface area contributed by atoms with Crippen molar-refractivity contribution in [2.75, 3.05) is 0 Å². The maximum absolute atomic E-state index is 10.8. The molecule has 0 saturated carbocycles. The number of nitrogens with one attached hydrogen (secondary N) is 1. The van der Waals surface area contributed by atoms with Gasteiger partial charge >= 0.3 is 5.97 Å². The van der Waals surface area contributed by atoms with Gasteiger partial charge in [0.1, 0.15) is 5.69 Å². The molecule has 5 nitrogen and oxygen atoms in total. The Hall–Kier alpha value is -3.34. The Morgan fingerprint density at radius 2 is 1.92 bits per heavy atom. The molecule has 2 N–H and O–H groups in total. The van der Waals surface area contributed by atoms with E-state index >= 15 is 0 Å². The van der Waals surface area contributed by atoms with Gasteiger partial charge in [0.05, 0.1) is 0 Å². The molecule has 2 aromatic heterocycles. The van der Waals surface area contributed by atoms with Crippen molar-refractivity contribution in [2.45, 2.75) is 6.42 Å². The molecule has 24 heavy (non-hydrogen) atoms. The van der Waals surface area contributed by atoms with Crippen molar-refractivity contribution in [1.29, 1.82) is 0 Å². The Labute approximate surface area is 137 Å². The highest BCUT2D eigenvalue weighted by Gasteiger charge is 2.12. The van der Waals surface area contributed by atoms with Crippen molar-refractivity contribution in [3.05, 3.63) is 77.7 Å². The van der Waals surface area contributed by atoms with Gasteiger partial charge in [-0.1, -0.05) is 47.6 Å². The molecule has 0 radical (unpaired) electrons. The summed E-state index contributed by atoms with van der Waals surface area (Å²) < 4.78 is 4.79. The molecule has 0 aliphatic rings. The van der Waals surface area contributed by atoms with E-state index in [1.165, 1.54) is 22.6 Å². The number of nitrogens with zero attached hydrogens (tertiary/aromatic N) is 1. The molecule has 0 aliphatic carbocycles. The summed E-state index contributed by atoms with van der Waals surface area (Å²) in [4.78, 5) is 14.1. The molecule has 5 heteroatoms. The standard InChI is InChI=1S/C19H14N2O3/c22-19(23)18-10-17(21-24-18)13-7-5-12(6-8-13)9-14-11-20-16-4-2-1-3-15(14)16/h1-8,10-11,20H,9H2,(H,22,23). The average molecular weight is 318 g/mol. The third-order valence-corrected chi connectivity index (χ3v) is 4.04. The predicted octanol–water partition coefficient (Wildman–Crippen LogP) is 4.11. The normalized spacial score (nSPS) is 11.0. The first kappa shape index (κ1) is 14.3. The SMILES string of the molecule is O=C(O)c1cc(-c2ccc(Cc3c[nH]c4ccccc34)cc2)no1. The van der Waals surface area contributed by atoms with Crippen LogP contribution in [0.25, 0.3) is 22.2 Å². The van der Waals surface area contributed by atoms with E-state index in [2.05, 4.69) is 22.3 Å². The van der Waals surface area contributed by atoms with Gasteiger partial charge in [-0.15, -0.1) is 0 Å². The minimum Gasteiger partial charge on any atom is -0.475 e. The van der Waals surface area contributed by atoms with Crippen molar-refractivity contribution in [3.63, 3.8) is 0 Å². The average Bonchev–Trinajstić information content (AvgIpc) is 3.24. The number of benzene rings is 2. The third-order valence-electron chi connectivity index (χ3n) is 4.04. The van der Waals surface area contributed by atoms with Crippen molar-refractivity contribution in [3.8, 4) is 11.3 Å². The molecule has 0 saturated heterocycles. The van der Waals surface area contributed by atoms with Gasteiger partial charge in [-0.2, -0.15) is 0 Å². The van der Waals surface area contributed by atoms with E-state index in [1.54, 1.807) is 0 Å². The summed E-state index contributed by atoms with van der Waals surface area (Å²) in [5.74, 6) is -1.28. The fraction of sp³-hybridized carbons (Fsp3) is 0.0526. The summed E-state index contributed by atoms with van der Waals surface area (Å²) in [5.41, 5.74) is 4.89. The lowest BCUT2D eigenvalue weighted by atomic mass is 10.0. The van der Waals surface area contributed by atoms with Crippen LogP contribution >= 0.6 is 0 Å². The molecule has 0 unspecified atom stereocenters. The number of H-pyrrole nitrogens is 1. The van der Waals surface area contributed by atoms with Crippen LogP contribution in [0.4, 0.5) is 0 Å². The minimum atomic E-state index is -1.12. The summed E-state index contributed by atoms with van der Waals surface area (Å²) in [7, 11) is 0. The number of aromatic nitrogens is 2. The minimum absolute atomic E-state index is 0.159. The van der Waals surface area contributed by atoms with E-state index in [0.29, 0.717) is 5.69 Å². The highest BCUT2D eigenvalue weighted by molar-refractivity contribution is 5.85. The highest BCUT2D eigenvalue weighted by Crippen LogP contribution is 2.23. The molecule has 118 valence electrons. The largest absolute Gasteiger partial charge is 0.475 e. The zero-order valence-electron chi connectivity index (χ0n) is 12.7. The number of hydrogen-bond acceptors (Lipinski definition) is 3. The molecular weight excluding hydrogens is 304 g/mol. The zero-order chi connectivity index (χ0) is 16.5. The molecule has 0 amide bonds. The Morgan fingerprint density at radius 3 is 2.67 bits per heavy atom. The summed E-state index contributed by atoms with van der Waals surface area (Å²) in [5, 5.41) is 13.9. The summed E-state index contributed by atoms with van der Waals surface area (Å²) >= 11 is 0. The van der Waals surface area contributed by atoms with Gasteiger partial charge in [0, 0.05) is 28.7 Å². The van der Waals surface area contributed by atoms with Crippen LogP contribution in [0.15, 0.2) is 65.3 Å². The maximum atomic E-state index is 10.8. The monoisotopic (exact) mass is 318 g/mol. The Balaban J connectivity index is 1.58.